The molecule has 2 rings (SSSR count). The first kappa shape index (κ1) is 18.4. The van der Waals surface area contributed by atoms with E-state index in [2.05, 4.69) is 10.6 Å². The van der Waals surface area contributed by atoms with Gasteiger partial charge < -0.3 is 15.7 Å². The van der Waals surface area contributed by atoms with Gasteiger partial charge in [-0.25, -0.2) is 9.59 Å². The highest BCUT2D eigenvalue weighted by molar-refractivity contribution is 6.02. The highest BCUT2D eigenvalue weighted by atomic mass is 16.4. The number of rotatable bonds is 7. The molecule has 0 radical (unpaired) electrons. The van der Waals surface area contributed by atoms with Crippen molar-refractivity contribution in [3.05, 3.63) is 35.4 Å². The standard InChI is InChI=1S/C17H21N3O5/c1-10(2)6-13(16(23)24)19-15(22)12-5-3-4-11(7-12)9-20-14(21)8-18-17(20)25/h3-5,7,10,13H,6,8-9H2,1-2H3,(H,18,25)(H,19,22)(H,23,24)/t13-/m1/s1. The van der Waals surface area contributed by atoms with E-state index in [-0.39, 0.29) is 30.5 Å². The Balaban J connectivity index is 2.09. The van der Waals surface area contributed by atoms with Crippen molar-refractivity contribution in [3.8, 4) is 0 Å². The van der Waals surface area contributed by atoms with Gasteiger partial charge in [-0.2, -0.15) is 0 Å². The second kappa shape index (κ2) is 7.78. The van der Waals surface area contributed by atoms with E-state index in [1.807, 2.05) is 13.8 Å². The molecule has 1 atom stereocenters. The highest BCUT2D eigenvalue weighted by Crippen LogP contribution is 2.12. The lowest BCUT2D eigenvalue weighted by atomic mass is 10.0. The topological polar surface area (TPSA) is 116 Å². The minimum atomic E-state index is -1.09. The summed E-state index contributed by atoms with van der Waals surface area (Å²) in [4.78, 5) is 47.9. The van der Waals surface area contributed by atoms with Crippen LogP contribution < -0.4 is 10.6 Å². The Kier molecular flexibility index (Phi) is 5.74. The van der Waals surface area contributed by atoms with Crippen molar-refractivity contribution in [1.82, 2.24) is 15.5 Å². The SMILES string of the molecule is CC(C)C[C@@H](NC(=O)c1cccc(CN2C(=O)CNC2=O)c1)C(=O)O. The molecule has 1 aliphatic rings. The summed E-state index contributed by atoms with van der Waals surface area (Å²) in [5, 5.41) is 14.1. The van der Waals surface area contributed by atoms with Gasteiger partial charge in [0.05, 0.1) is 13.1 Å². The molecule has 4 amide bonds. The highest BCUT2D eigenvalue weighted by Gasteiger charge is 2.28. The largest absolute Gasteiger partial charge is 0.480 e. The van der Waals surface area contributed by atoms with E-state index in [0.717, 1.165) is 4.90 Å². The van der Waals surface area contributed by atoms with Crippen molar-refractivity contribution in [2.75, 3.05) is 6.54 Å². The average molecular weight is 347 g/mol. The Morgan fingerprint density at radius 3 is 2.60 bits per heavy atom. The third-order valence-corrected chi connectivity index (χ3v) is 3.78. The molecule has 0 saturated carbocycles. The Morgan fingerprint density at radius 2 is 2.04 bits per heavy atom. The minimum absolute atomic E-state index is 0.0332. The maximum atomic E-state index is 12.3. The van der Waals surface area contributed by atoms with E-state index < -0.39 is 23.9 Å². The Labute approximate surface area is 145 Å². The van der Waals surface area contributed by atoms with Crippen LogP contribution in [0.4, 0.5) is 4.79 Å². The summed E-state index contributed by atoms with van der Waals surface area (Å²) in [6, 6.07) is 4.98. The predicted molar refractivity (Wildman–Crippen MR) is 88.7 cm³/mol. The lowest BCUT2D eigenvalue weighted by molar-refractivity contribution is -0.139. The number of amides is 4. The number of benzene rings is 1. The number of aliphatic carboxylic acids is 1. The van der Waals surface area contributed by atoms with Crippen molar-refractivity contribution in [3.63, 3.8) is 0 Å². The van der Waals surface area contributed by atoms with Gasteiger partial charge >= 0.3 is 12.0 Å². The Bertz CT molecular complexity index is 685. The van der Waals surface area contributed by atoms with Crippen LogP contribution in [0.5, 0.6) is 0 Å². The van der Waals surface area contributed by atoms with Gasteiger partial charge in [-0.15, -0.1) is 0 Å². The second-order valence-corrected chi connectivity index (χ2v) is 6.33. The zero-order valence-electron chi connectivity index (χ0n) is 14.1. The Morgan fingerprint density at radius 1 is 1.32 bits per heavy atom. The molecule has 1 aromatic carbocycles. The number of imide groups is 1. The lowest BCUT2D eigenvalue weighted by Gasteiger charge is -2.17. The summed E-state index contributed by atoms with van der Waals surface area (Å²) in [6.07, 6.45) is 0.323. The van der Waals surface area contributed by atoms with Gasteiger partial charge in [-0.3, -0.25) is 14.5 Å². The molecule has 8 heteroatoms. The van der Waals surface area contributed by atoms with Gasteiger partial charge in [-0.05, 0) is 30.0 Å². The maximum absolute atomic E-state index is 12.3. The van der Waals surface area contributed by atoms with Crippen molar-refractivity contribution in [1.29, 1.82) is 0 Å². The number of hydrogen-bond donors (Lipinski definition) is 3. The summed E-state index contributed by atoms with van der Waals surface area (Å²) in [5.74, 6) is -1.81. The first-order chi connectivity index (χ1) is 11.8. The van der Waals surface area contributed by atoms with Gasteiger partial charge in [-0.1, -0.05) is 26.0 Å². The van der Waals surface area contributed by atoms with Crippen LogP contribution in [0.1, 0.15) is 36.2 Å². The molecule has 8 nitrogen and oxygen atoms in total. The summed E-state index contributed by atoms with van der Waals surface area (Å²) in [5.41, 5.74) is 0.883. The van der Waals surface area contributed by atoms with Crippen LogP contribution in [-0.2, 0) is 16.1 Å². The number of carbonyl (C=O) groups is 4. The Hall–Kier alpha value is -2.90. The smallest absolute Gasteiger partial charge is 0.326 e. The summed E-state index contributed by atoms with van der Waals surface area (Å²) in [6.45, 7) is 3.77. The van der Waals surface area contributed by atoms with E-state index >= 15 is 0 Å². The quantitative estimate of drug-likeness (QED) is 0.636. The maximum Gasteiger partial charge on any atom is 0.326 e. The number of carbonyl (C=O) groups excluding carboxylic acids is 3. The van der Waals surface area contributed by atoms with Gasteiger partial charge in [0, 0.05) is 5.56 Å². The molecule has 1 saturated heterocycles. The molecule has 1 aromatic rings. The van der Waals surface area contributed by atoms with Gasteiger partial charge in [0.15, 0.2) is 0 Å². The number of urea groups is 1. The van der Waals surface area contributed by atoms with Crippen LogP contribution >= 0.6 is 0 Å². The fourth-order valence-corrected chi connectivity index (χ4v) is 2.54. The zero-order valence-corrected chi connectivity index (χ0v) is 14.1. The third kappa shape index (κ3) is 4.79. The fourth-order valence-electron chi connectivity index (χ4n) is 2.54. The first-order valence-corrected chi connectivity index (χ1v) is 7.98. The van der Waals surface area contributed by atoms with E-state index in [0.29, 0.717) is 12.0 Å². The number of nitrogens with one attached hydrogen (secondary N) is 2. The van der Waals surface area contributed by atoms with Crippen LogP contribution in [0.2, 0.25) is 0 Å². The van der Waals surface area contributed by atoms with Crippen molar-refractivity contribution in [2.45, 2.75) is 32.9 Å². The normalized spacial score (nSPS) is 15.2. The monoisotopic (exact) mass is 347 g/mol. The van der Waals surface area contributed by atoms with E-state index in [1.165, 1.54) is 0 Å². The molecular formula is C17H21N3O5. The molecule has 1 fully saturated rings. The molecule has 0 unspecified atom stereocenters. The number of carboxylic acid groups (broad SMARTS) is 1. The van der Waals surface area contributed by atoms with Crippen LogP contribution in [0.25, 0.3) is 0 Å². The second-order valence-electron chi connectivity index (χ2n) is 6.33. The fraction of sp³-hybridized carbons (Fsp3) is 0.412. The van der Waals surface area contributed by atoms with Crippen molar-refractivity contribution < 1.29 is 24.3 Å². The van der Waals surface area contributed by atoms with E-state index in [9.17, 15) is 24.3 Å². The third-order valence-electron chi connectivity index (χ3n) is 3.78. The summed E-state index contributed by atoms with van der Waals surface area (Å²) >= 11 is 0. The van der Waals surface area contributed by atoms with Crippen molar-refractivity contribution in [2.24, 2.45) is 5.92 Å². The average Bonchev–Trinajstić information content (AvgIpc) is 2.86. The summed E-state index contributed by atoms with van der Waals surface area (Å²) in [7, 11) is 0. The van der Waals surface area contributed by atoms with Crippen LogP contribution in [0, 0.1) is 5.92 Å². The van der Waals surface area contributed by atoms with Crippen LogP contribution in [0.15, 0.2) is 24.3 Å². The van der Waals surface area contributed by atoms with Crippen molar-refractivity contribution >= 4 is 23.8 Å². The molecular weight excluding hydrogens is 326 g/mol. The number of hydrogen-bond acceptors (Lipinski definition) is 4. The molecule has 25 heavy (non-hydrogen) atoms. The molecule has 0 aliphatic carbocycles. The number of carboxylic acids is 1. The lowest BCUT2D eigenvalue weighted by Crippen LogP contribution is -2.41. The number of nitrogens with zero attached hydrogens (tertiary/aromatic N) is 1. The molecule has 0 bridgehead atoms. The molecule has 1 heterocycles. The van der Waals surface area contributed by atoms with Gasteiger partial charge in [0.2, 0.25) is 5.91 Å². The van der Waals surface area contributed by atoms with E-state index in [1.54, 1.807) is 24.3 Å². The van der Waals surface area contributed by atoms with E-state index in [4.69, 9.17) is 0 Å². The van der Waals surface area contributed by atoms with Crippen LogP contribution in [0.3, 0.4) is 0 Å². The first-order valence-electron chi connectivity index (χ1n) is 7.98. The zero-order chi connectivity index (χ0) is 18.6. The molecule has 0 aromatic heterocycles. The molecule has 1 aliphatic heterocycles. The van der Waals surface area contributed by atoms with Gasteiger partial charge in [0.25, 0.3) is 5.91 Å². The molecule has 0 spiro atoms. The molecule has 134 valence electrons. The summed E-state index contributed by atoms with van der Waals surface area (Å²) < 4.78 is 0. The van der Waals surface area contributed by atoms with Crippen LogP contribution in [-0.4, -0.2) is 46.4 Å². The van der Waals surface area contributed by atoms with Gasteiger partial charge in [0.1, 0.15) is 6.04 Å². The minimum Gasteiger partial charge on any atom is -0.480 e. The molecule has 3 N–H and O–H groups in total. The predicted octanol–water partition coefficient (Wildman–Crippen LogP) is 0.967.